The van der Waals surface area contributed by atoms with Crippen LogP contribution in [0.3, 0.4) is 0 Å². The van der Waals surface area contributed by atoms with Gasteiger partial charge >= 0.3 is 6.03 Å². The zero-order valence-electron chi connectivity index (χ0n) is 35.0. The van der Waals surface area contributed by atoms with Crippen molar-refractivity contribution in [1.82, 2.24) is 26.6 Å². The van der Waals surface area contributed by atoms with E-state index in [1.807, 2.05) is 11.8 Å². The number of rotatable bonds is 23. The SMILES string of the molecule is CC(=O)N[C@H]1[C@H](OCCCCCC(=O)NCCNC(=O)CCCC[C@@H]2SC[C@@H]3NC(=O)N[C@@H]32)O[C@H](CO)[C@H](O)[C@@H]1O[C@H]1O[C@H](CO)[C@H](O)[C@H](O[C@@H]2O[C@H](CO)[C@H](O)[C@H](O)[C@H]2O)[C@H]1O. The van der Waals surface area contributed by atoms with Crippen molar-refractivity contribution in [2.45, 2.75) is 168 Å². The molecular weight excluding hydrogens is 863 g/mol. The predicted octanol–water partition coefficient (Wildman–Crippen LogP) is -5.89. The van der Waals surface area contributed by atoms with E-state index in [0.29, 0.717) is 30.9 Å². The maximum Gasteiger partial charge on any atom is 0.315 e. The lowest BCUT2D eigenvalue weighted by molar-refractivity contribution is -0.374. The molecule has 5 heterocycles. The standard InChI is InChI=1S/C38H65N5O19S/c1-17(47)41-26-33(61-37-32(55)34(29(52)21(15-46)60-37)62-36-31(54)30(53)27(50)19(13-44)59-36)28(51)20(14-45)58-35(26)57-12-6-2-3-8-23(48)39-10-11-40-24(49)9-5-4-7-22-25-18(16-63-22)42-38(56)43-25/h18-22,25-37,44-46,50-55H,2-16H2,1H3,(H,39,48)(H,40,49)(H,41,47)(H2,42,43,56)/t18-,19+,20+,21+,22-,25-,26+,27-,28-,29-,30-,31+,32+,33+,34-,35+,36-,37+/m0/s1. The van der Waals surface area contributed by atoms with Gasteiger partial charge in [-0.3, -0.25) is 14.4 Å². The summed E-state index contributed by atoms with van der Waals surface area (Å²) in [6, 6.07) is -1.10. The smallest absolute Gasteiger partial charge is 0.315 e. The number of urea groups is 1. The van der Waals surface area contributed by atoms with E-state index in [9.17, 15) is 65.1 Å². The zero-order valence-corrected chi connectivity index (χ0v) is 35.8. The van der Waals surface area contributed by atoms with E-state index in [2.05, 4.69) is 26.6 Å². The minimum absolute atomic E-state index is 0.0417. The first-order chi connectivity index (χ1) is 30.2. The minimum Gasteiger partial charge on any atom is -0.394 e. The lowest BCUT2D eigenvalue weighted by Crippen LogP contribution is -2.69. The Kier molecular flexibility index (Phi) is 20.2. The highest BCUT2D eigenvalue weighted by molar-refractivity contribution is 8.00. The molecule has 25 heteroatoms. The second-order valence-corrected chi connectivity index (χ2v) is 17.6. The van der Waals surface area contributed by atoms with Crippen LogP contribution in [0.5, 0.6) is 0 Å². The van der Waals surface area contributed by atoms with Gasteiger partial charge in [-0.1, -0.05) is 12.8 Å². The van der Waals surface area contributed by atoms with E-state index in [-0.39, 0.29) is 56.0 Å². The Morgan fingerprint density at radius 3 is 1.86 bits per heavy atom. The molecule has 0 saturated carbocycles. The molecule has 362 valence electrons. The van der Waals surface area contributed by atoms with Gasteiger partial charge < -0.3 is 101 Å². The van der Waals surface area contributed by atoms with Crippen LogP contribution in [0.1, 0.15) is 58.3 Å². The molecule has 0 aliphatic carbocycles. The average Bonchev–Trinajstić information content (AvgIpc) is 3.82. The number of aliphatic hydroxyl groups is 9. The minimum atomic E-state index is -1.96. The highest BCUT2D eigenvalue weighted by Gasteiger charge is 2.54. The van der Waals surface area contributed by atoms with E-state index < -0.39 is 118 Å². The highest BCUT2D eigenvalue weighted by Crippen LogP contribution is 2.34. The Balaban J connectivity index is 1.04. The number of aliphatic hydroxyl groups excluding tert-OH is 9. The first kappa shape index (κ1) is 51.4. The van der Waals surface area contributed by atoms with Gasteiger partial charge in [0, 0.05) is 50.5 Å². The Morgan fingerprint density at radius 2 is 1.24 bits per heavy atom. The molecule has 5 aliphatic rings. The summed E-state index contributed by atoms with van der Waals surface area (Å²) < 4.78 is 34.3. The molecule has 0 aromatic carbocycles. The largest absolute Gasteiger partial charge is 0.394 e. The molecule has 0 aromatic rings. The first-order valence-electron chi connectivity index (χ1n) is 21.5. The van der Waals surface area contributed by atoms with Crippen LogP contribution >= 0.6 is 11.8 Å². The summed E-state index contributed by atoms with van der Waals surface area (Å²) in [5, 5.41) is 108. The predicted molar refractivity (Wildman–Crippen MR) is 215 cm³/mol. The van der Waals surface area contributed by atoms with E-state index in [1.165, 1.54) is 6.92 Å². The number of nitrogens with one attached hydrogen (secondary N) is 5. The van der Waals surface area contributed by atoms with Crippen molar-refractivity contribution in [2.75, 3.05) is 45.3 Å². The van der Waals surface area contributed by atoms with E-state index in [1.54, 1.807) is 0 Å². The summed E-state index contributed by atoms with van der Waals surface area (Å²) in [6.45, 7) is -0.593. The molecular formula is C38H65N5O19S. The van der Waals surface area contributed by atoms with Gasteiger partial charge in [0.05, 0.1) is 31.9 Å². The monoisotopic (exact) mass is 927 g/mol. The molecule has 0 radical (unpaired) electrons. The van der Waals surface area contributed by atoms with Crippen LogP contribution in [0.15, 0.2) is 0 Å². The lowest BCUT2D eigenvalue weighted by Gasteiger charge is -2.49. The van der Waals surface area contributed by atoms with Gasteiger partial charge in [0.1, 0.15) is 73.2 Å². The number of thioether (sulfide) groups is 1. The second-order valence-electron chi connectivity index (χ2n) is 16.3. The maximum atomic E-state index is 12.4. The number of hydrogen-bond acceptors (Lipinski definition) is 20. The van der Waals surface area contributed by atoms with Gasteiger partial charge in [-0.15, -0.1) is 0 Å². The molecule has 0 unspecified atom stereocenters. The number of carbonyl (C=O) groups is 4. The lowest BCUT2D eigenvalue weighted by atomic mass is 9.95. The van der Waals surface area contributed by atoms with Crippen molar-refractivity contribution in [2.24, 2.45) is 0 Å². The van der Waals surface area contributed by atoms with Gasteiger partial charge in [-0.25, -0.2) is 4.79 Å². The fourth-order valence-corrected chi connectivity index (χ4v) is 9.74. The molecule has 18 atom stereocenters. The van der Waals surface area contributed by atoms with Crippen LogP contribution in [-0.2, 0) is 42.8 Å². The summed E-state index contributed by atoms with van der Waals surface area (Å²) in [5.41, 5.74) is 0. The summed E-state index contributed by atoms with van der Waals surface area (Å²) in [4.78, 5) is 48.6. The molecule has 5 saturated heterocycles. The number of unbranched alkanes of at least 4 members (excludes halogenated alkanes) is 3. The Bertz CT molecular complexity index is 1480. The Morgan fingerprint density at radius 1 is 0.683 bits per heavy atom. The third kappa shape index (κ3) is 13.7. The van der Waals surface area contributed by atoms with Crippen LogP contribution in [0.4, 0.5) is 4.79 Å². The molecule has 63 heavy (non-hydrogen) atoms. The maximum absolute atomic E-state index is 12.4. The Labute approximate surface area is 368 Å². The van der Waals surface area contributed by atoms with Gasteiger partial charge in [-0.2, -0.15) is 11.8 Å². The zero-order chi connectivity index (χ0) is 45.8. The fourth-order valence-electron chi connectivity index (χ4n) is 8.19. The van der Waals surface area contributed by atoms with Crippen molar-refractivity contribution in [3.8, 4) is 0 Å². The molecule has 0 bridgehead atoms. The second kappa shape index (κ2) is 24.8. The Hall–Kier alpha value is -2.57. The van der Waals surface area contributed by atoms with E-state index >= 15 is 0 Å². The van der Waals surface area contributed by atoms with Crippen molar-refractivity contribution in [3.63, 3.8) is 0 Å². The summed E-state index contributed by atoms with van der Waals surface area (Å²) in [7, 11) is 0. The van der Waals surface area contributed by atoms with Gasteiger partial charge in [-0.05, 0) is 25.7 Å². The first-order valence-corrected chi connectivity index (χ1v) is 22.5. The summed E-state index contributed by atoms with van der Waals surface area (Å²) in [6.07, 6.45) is -18.8. The highest BCUT2D eigenvalue weighted by atomic mass is 32.2. The number of carbonyl (C=O) groups excluding carboxylic acids is 4. The molecule has 5 aliphatic heterocycles. The van der Waals surface area contributed by atoms with Gasteiger partial charge in [0.15, 0.2) is 18.9 Å². The summed E-state index contributed by atoms with van der Waals surface area (Å²) >= 11 is 1.84. The van der Waals surface area contributed by atoms with Crippen molar-refractivity contribution < 1.29 is 93.6 Å². The van der Waals surface area contributed by atoms with E-state index in [4.69, 9.17) is 28.4 Å². The van der Waals surface area contributed by atoms with Crippen LogP contribution in [0.25, 0.3) is 0 Å². The van der Waals surface area contributed by atoms with Crippen molar-refractivity contribution in [3.05, 3.63) is 0 Å². The number of hydrogen-bond donors (Lipinski definition) is 14. The van der Waals surface area contributed by atoms with Crippen molar-refractivity contribution in [1.29, 1.82) is 0 Å². The van der Waals surface area contributed by atoms with Crippen LogP contribution in [0, 0.1) is 0 Å². The molecule has 0 aromatic heterocycles. The van der Waals surface area contributed by atoms with Crippen LogP contribution < -0.4 is 26.6 Å². The molecule has 5 fully saturated rings. The van der Waals surface area contributed by atoms with Gasteiger partial charge in [0.2, 0.25) is 17.7 Å². The fraction of sp³-hybridized carbons (Fsp3) is 0.895. The van der Waals surface area contributed by atoms with Gasteiger partial charge in [0.25, 0.3) is 0 Å². The third-order valence-electron chi connectivity index (χ3n) is 11.7. The number of ether oxygens (including phenoxy) is 6. The van der Waals surface area contributed by atoms with Crippen LogP contribution in [0.2, 0.25) is 0 Å². The van der Waals surface area contributed by atoms with E-state index in [0.717, 1.165) is 25.0 Å². The molecule has 0 spiro atoms. The van der Waals surface area contributed by atoms with Crippen molar-refractivity contribution >= 4 is 35.5 Å². The molecule has 5 amide bonds. The average molecular weight is 928 g/mol. The summed E-state index contributed by atoms with van der Waals surface area (Å²) in [5.74, 6) is -0.00644. The quantitative estimate of drug-likeness (QED) is 0.0335. The number of fused-ring (bicyclic) bond motifs is 1. The molecule has 5 rings (SSSR count). The number of amides is 5. The molecule has 24 nitrogen and oxygen atoms in total. The normalized spacial score (nSPS) is 38.9. The molecule has 14 N–H and O–H groups in total. The topological polar surface area (TPSA) is 366 Å². The third-order valence-corrected chi connectivity index (χ3v) is 13.2. The van der Waals surface area contributed by atoms with Crippen LogP contribution in [-0.4, -0.2) is 224 Å².